The zero-order valence-electron chi connectivity index (χ0n) is 9.94. The minimum atomic E-state index is -3.63. The molecule has 0 bridgehead atoms. The Kier molecular flexibility index (Phi) is 7.24. The molecule has 96 valence electrons. The van der Waals surface area contributed by atoms with Crippen LogP contribution >= 0.6 is 19.2 Å². The van der Waals surface area contributed by atoms with E-state index in [1.54, 1.807) is 27.7 Å². The van der Waals surface area contributed by atoms with Crippen LogP contribution in [0.4, 0.5) is 0 Å². The number of esters is 1. The predicted octanol–water partition coefficient (Wildman–Crippen LogP) is 2.77. The van der Waals surface area contributed by atoms with Crippen molar-refractivity contribution in [1.29, 1.82) is 0 Å². The smallest absolute Gasteiger partial charge is 0.359 e. The quantitative estimate of drug-likeness (QED) is 0.405. The van der Waals surface area contributed by atoms with Gasteiger partial charge in [-0.05, 0) is 27.7 Å². The van der Waals surface area contributed by atoms with E-state index in [0.717, 1.165) is 0 Å². The van der Waals surface area contributed by atoms with Gasteiger partial charge in [-0.25, -0.2) is 4.79 Å². The summed E-state index contributed by atoms with van der Waals surface area (Å²) in [7, 11) is -3.63. The molecule has 0 aromatic rings. The summed E-state index contributed by atoms with van der Waals surface area (Å²) in [6.07, 6.45) is -0.328. The van der Waals surface area contributed by atoms with Crippen LogP contribution in [0.5, 0.6) is 0 Å². The zero-order valence-corrected chi connectivity index (χ0v) is 11.6. The first-order valence-electron chi connectivity index (χ1n) is 5.10. The maximum atomic E-state index is 12.1. The molecule has 16 heavy (non-hydrogen) atoms. The average molecular weight is 273 g/mol. The van der Waals surface area contributed by atoms with Crippen molar-refractivity contribution in [3.63, 3.8) is 0 Å². The summed E-state index contributed by atoms with van der Waals surface area (Å²) in [4.78, 5) is 11.5. The van der Waals surface area contributed by atoms with Crippen LogP contribution in [0, 0.1) is 0 Å². The maximum absolute atomic E-state index is 12.1. The molecule has 5 nitrogen and oxygen atoms in total. The molecule has 0 amide bonds. The van der Waals surface area contributed by atoms with Crippen molar-refractivity contribution in [2.24, 2.45) is 0 Å². The fourth-order valence-corrected chi connectivity index (χ4v) is 2.71. The Morgan fingerprint density at radius 3 is 2.00 bits per heavy atom. The zero-order chi connectivity index (χ0) is 12.8. The highest BCUT2D eigenvalue weighted by Gasteiger charge is 2.41. The maximum Gasteiger partial charge on any atom is 0.359 e. The minimum absolute atomic E-state index is 0.148. The van der Waals surface area contributed by atoms with Gasteiger partial charge in [-0.1, -0.05) is 11.6 Å². The summed E-state index contributed by atoms with van der Waals surface area (Å²) in [6, 6.07) is 0. The molecule has 0 aliphatic carbocycles. The van der Waals surface area contributed by atoms with Crippen LogP contribution in [0.15, 0.2) is 0 Å². The van der Waals surface area contributed by atoms with Crippen LogP contribution in [0.1, 0.15) is 27.7 Å². The predicted molar refractivity (Wildman–Crippen MR) is 61.7 cm³/mol. The Bertz CT molecular complexity index is 259. The molecule has 0 aromatic carbocycles. The first-order valence-corrected chi connectivity index (χ1v) is 7.15. The number of carbonyl (C=O) groups excluding carboxylic acids is 1. The van der Waals surface area contributed by atoms with E-state index in [-0.39, 0.29) is 19.3 Å². The third kappa shape index (κ3) is 4.83. The second-order valence-corrected chi connectivity index (χ2v) is 6.05. The molecular weight excluding hydrogens is 255 g/mol. The molecule has 0 aliphatic heterocycles. The molecule has 0 spiro atoms. The lowest BCUT2D eigenvalue weighted by atomic mass is 10.5. The molecule has 1 unspecified atom stereocenters. The Labute approximate surface area is 101 Å². The summed E-state index contributed by atoms with van der Waals surface area (Å²) in [6.45, 7) is 6.93. The van der Waals surface area contributed by atoms with Gasteiger partial charge >= 0.3 is 13.6 Å². The van der Waals surface area contributed by atoms with Gasteiger partial charge in [-0.3, -0.25) is 4.57 Å². The largest absolute Gasteiger partial charge is 0.461 e. The Morgan fingerprint density at radius 2 is 1.69 bits per heavy atom. The second-order valence-electron chi connectivity index (χ2n) is 3.20. The lowest BCUT2D eigenvalue weighted by Crippen LogP contribution is -2.23. The average Bonchev–Trinajstić information content (AvgIpc) is 2.16. The molecule has 0 heterocycles. The molecule has 7 heteroatoms. The third-order valence-corrected chi connectivity index (χ3v) is 4.34. The minimum Gasteiger partial charge on any atom is -0.461 e. The summed E-state index contributed by atoms with van der Waals surface area (Å²) < 4.78 is 26.8. The summed E-state index contributed by atoms with van der Waals surface area (Å²) in [5, 5.41) is -1.42. The van der Waals surface area contributed by atoms with Gasteiger partial charge in [-0.15, -0.1) is 0 Å². The van der Waals surface area contributed by atoms with Crippen molar-refractivity contribution in [1.82, 2.24) is 0 Å². The SMILES string of the molecule is CCOP(=O)(OCC)C(Cl)C(=O)OC(C)C. The summed E-state index contributed by atoms with van der Waals surface area (Å²) in [5.74, 6) is -0.790. The molecule has 0 aliphatic rings. The summed E-state index contributed by atoms with van der Waals surface area (Å²) >= 11 is 5.75. The lowest BCUT2D eigenvalue weighted by Gasteiger charge is -2.21. The van der Waals surface area contributed by atoms with Gasteiger partial charge in [0.05, 0.1) is 19.3 Å². The molecule has 1 atom stereocenters. The number of ether oxygens (including phenoxy) is 1. The Morgan fingerprint density at radius 1 is 1.25 bits per heavy atom. The normalized spacial score (nSPS) is 13.9. The van der Waals surface area contributed by atoms with Gasteiger partial charge in [-0.2, -0.15) is 0 Å². The Balaban J connectivity index is 4.66. The fraction of sp³-hybridized carbons (Fsp3) is 0.889. The van der Waals surface area contributed by atoms with Crippen molar-refractivity contribution in [2.45, 2.75) is 38.9 Å². The number of rotatable bonds is 7. The molecule has 0 N–H and O–H groups in total. The molecular formula is C9H18ClO5P. The standard InChI is InChI=1S/C9H18ClO5P/c1-5-13-16(12,14-6-2)8(10)9(11)15-7(3)4/h7-8H,5-6H2,1-4H3. The molecule has 0 saturated heterocycles. The van der Waals surface area contributed by atoms with Gasteiger partial charge in [0.15, 0.2) is 0 Å². The summed E-state index contributed by atoms with van der Waals surface area (Å²) in [5.41, 5.74) is 0. The number of carbonyl (C=O) groups is 1. The number of halogens is 1. The van der Waals surface area contributed by atoms with E-state index in [1.807, 2.05) is 0 Å². The first kappa shape index (κ1) is 15.9. The van der Waals surface area contributed by atoms with Gasteiger partial charge in [0, 0.05) is 0 Å². The van der Waals surface area contributed by atoms with E-state index < -0.39 is 18.7 Å². The monoisotopic (exact) mass is 272 g/mol. The van der Waals surface area contributed by atoms with Crippen LogP contribution in [-0.4, -0.2) is 30.4 Å². The first-order chi connectivity index (χ1) is 7.37. The lowest BCUT2D eigenvalue weighted by molar-refractivity contribution is -0.145. The van der Waals surface area contributed by atoms with Crippen LogP contribution in [0.3, 0.4) is 0 Å². The van der Waals surface area contributed by atoms with E-state index in [4.69, 9.17) is 25.4 Å². The van der Waals surface area contributed by atoms with Gasteiger partial charge < -0.3 is 13.8 Å². The van der Waals surface area contributed by atoms with E-state index in [1.165, 1.54) is 0 Å². The molecule has 0 radical (unpaired) electrons. The van der Waals surface area contributed by atoms with Crippen LogP contribution in [0.25, 0.3) is 0 Å². The van der Waals surface area contributed by atoms with E-state index >= 15 is 0 Å². The molecule has 0 fully saturated rings. The van der Waals surface area contributed by atoms with Crippen molar-refractivity contribution in [3.05, 3.63) is 0 Å². The fourth-order valence-electron chi connectivity index (χ4n) is 0.946. The van der Waals surface area contributed by atoms with Crippen molar-refractivity contribution in [3.8, 4) is 0 Å². The van der Waals surface area contributed by atoms with Crippen LogP contribution < -0.4 is 0 Å². The number of hydrogen-bond donors (Lipinski definition) is 0. The van der Waals surface area contributed by atoms with Crippen molar-refractivity contribution >= 4 is 25.2 Å². The van der Waals surface area contributed by atoms with Crippen LogP contribution in [-0.2, 0) is 23.1 Å². The topological polar surface area (TPSA) is 61.8 Å². The highest BCUT2D eigenvalue weighted by Crippen LogP contribution is 2.55. The van der Waals surface area contributed by atoms with E-state index in [0.29, 0.717) is 0 Å². The number of hydrogen-bond acceptors (Lipinski definition) is 5. The van der Waals surface area contributed by atoms with Crippen molar-refractivity contribution in [2.75, 3.05) is 13.2 Å². The van der Waals surface area contributed by atoms with Gasteiger partial charge in [0.25, 0.3) is 0 Å². The highest BCUT2D eigenvalue weighted by molar-refractivity contribution is 7.57. The number of alkyl halides is 1. The third-order valence-electron chi connectivity index (χ3n) is 1.44. The molecule has 0 rings (SSSR count). The van der Waals surface area contributed by atoms with E-state index in [9.17, 15) is 9.36 Å². The van der Waals surface area contributed by atoms with Gasteiger partial charge in [0.2, 0.25) is 5.12 Å². The van der Waals surface area contributed by atoms with E-state index in [2.05, 4.69) is 0 Å². The molecule has 0 saturated carbocycles. The molecule has 0 aromatic heterocycles. The highest BCUT2D eigenvalue weighted by atomic mass is 35.5. The van der Waals surface area contributed by atoms with Gasteiger partial charge in [0.1, 0.15) is 0 Å². The Hall–Kier alpha value is -0.0900. The van der Waals surface area contributed by atoms with Crippen molar-refractivity contribution < 1.29 is 23.1 Å². The second kappa shape index (κ2) is 7.28. The van der Waals surface area contributed by atoms with Crippen LogP contribution in [0.2, 0.25) is 0 Å².